The van der Waals surface area contributed by atoms with Crippen molar-refractivity contribution < 1.29 is 13.9 Å². The molecule has 0 radical (unpaired) electrons. The Morgan fingerprint density at radius 1 is 1.24 bits per heavy atom. The predicted molar refractivity (Wildman–Crippen MR) is 62.3 cm³/mol. The van der Waals surface area contributed by atoms with Gasteiger partial charge in [0.1, 0.15) is 11.5 Å². The van der Waals surface area contributed by atoms with Gasteiger partial charge in [0, 0.05) is 12.6 Å². The maximum absolute atomic E-state index is 5.44. The van der Waals surface area contributed by atoms with Gasteiger partial charge >= 0.3 is 0 Å². The number of rotatable bonds is 2. The summed E-state index contributed by atoms with van der Waals surface area (Å²) in [6.45, 7) is 2.16. The predicted octanol–water partition coefficient (Wildman–Crippen LogP) is 2.42. The summed E-state index contributed by atoms with van der Waals surface area (Å²) in [7, 11) is 1.77. The topological polar surface area (TPSA) is 56.5 Å². The van der Waals surface area contributed by atoms with Crippen LogP contribution in [0.15, 0.2) is 22.6 Å². The van der Waals surface area contributed by atoms with E-state index in [4.69, 9.17) is 13.9 Å². The van der Waals surface area contributed by atoms with E-state index < -0.39 is 0 Å². The molecule has 0 saturated carbocycles. The van der Waals surface area contributed by atoms with E-state index in [0.717, 1.165) is 28.5 Å². The lowest BCUT2D eigenvalue weighted by molar-refractivity contribution is 0.174. The van der Waals surface area contributed by atoms with Gasteiger partial charge in [-0.15, -0.1) is 0 Å². The number of anilines is 1. The van der Waals surface area contributed by atoms with E-state index >= 15 is 0 Å². The Balaban J connectivity index is 2.06. The van der Waals surface area contributed by atoms with Crippen LogP contribution in [0, 0.1) is 6.92 Å². The average Bonchev–Trinajstić information content (AvgIpc) is 2.93. The van der Waals surface area contributed by atoms with E-state index in [0.29, 0.717) is 6.01 Å². The molecule has 0 unspecified atom stereocenters. The molecule has 5 heteroatoms. The Labute approximate surface area is 98.4 Å². The molecule has 2 heterocycles. The first kappa shape index (κ1) is 10.0. The fraction of sp³-hybridized carbons (Fsp3) is 0.250. The van der Waals surface area contributed by atoms with E-state index in [1.54, 1.807) is 7.05 Å². The summed E-state index contributed by atoms with van der Waals surface area (Å²) in [5, 5.41) is 2.88. The Morgan fingerprint density at radius 2 is 2.06 bits per heavy atom. The Hall–Kier alpha value is -2.17. The maximum atomic E-state index is 5.44. The minimum atomic E-state index is 0.276. The van der Waals surface area contributed by atoms with Crippen molar-refractivity contribution in [3.05, 3.63) is 24.0 Å². The molecule has 0 fully saturated rings. The first-order valence-corrected chi connectivity index (χ1v) is 5.33. The van der Waals surface area contributed by atoms with Gasteiger partial charge in [0.2, 0.25) is 6.79 Å². The van der Waals surface area contributed by atoms with Crippen LogP contribution in [0.5, 0.6) is 11.5 Å². The standard InChI is InChI=1S/C12H12N2O3/c1-7-11(14-12(13-2)17-7)8-3-4-9-10(5-8)16-6-15-9/h3-5H,6H2,1-2H3,(H,13,14). The molecular formula is C12H12N2O3. The zero-order valence-corrected chi connectivity index (χ0v) is 9.61. The van der Waals surface area contributed by atoms with Gasteiger partial charge < -0.3 is 19.2 Å². The smallest absolute Gasteiger partial charge is 0.295 e. The molecule has 5 nitrogen and oxygen atoms in total. The highest BCUT2D eigenvalue weighted by atomic mass is 16.7. The molecule has 17 heavy (non-hydrogen) atoms. The second kappa shape index (κ2) is 3.69. The molecule has 1 N–H and O–H groups in total. The van der Waals surface area contributed by atoms with E-state index in [9.17, 15) is 0 Å². The molecule has 1 aliphatic rings. The van der Waals surface area contributed by atoms with Crippen molar-refractivity contribution in [1.29, 1.82) is 0 Å². The average molecular weight is 232 g/mol. The summed E-state index contributed by atoms with van der Waals surface area (Å²) in [5.41, 5.74) is 1.77. The first-order chi connectivity index (χ1) is 8.28. The van der Waals surface area contributed by atoms with E-state index in [1.807, 2.05) is 25.1 Å². The highest BCUT2D eigenvalue weighted by molar-refractivity contribution is 5.66. The lowest BCUT2D eigenvalue weighted by Gasteiger charge is -1.99. The van der Waals surface area contributed by atoms with Gasteiger partial charge in [0.25, 0.3) is 6.01 Å². The van der Waals surface area contributed by atoms with Gasteiger partial charge in [-0.05, 0) is 25.1 Å². The van der Waals surface area contributed by atoms with Gasteiger partial charge in [0.05, 0.1) is 0 Å². The van der Waals surface area contributed by atoms with Crippen LogP contribution in [0.25, 0.3) is 11.3 Å². The summed E-state index contributed by atoms with van der Waals surface area (Å²) in [5.74, 6) is 2.29. The lowest BCUT2D eigenvalue weighted by Crippen LogP contribution is -1.92. The van der Waals surface area contributed by atoms with Crippen LogP contribution in [-0.4, -0.2) is 18.8 Å². The van der Waals surface area contributed by atoms with Crippen molar-refractivity contribution in [2.24, 2.45) is 0 Å². The number of nitrogens with one attached hydrogen (secondary N) is 1. The molecule has 0 aliphatic carbocycles. The first-order valence-electron chi connectivity index (χ1n) is 5.33. The van der Waals surface area contributed by atoms with Crippen molar-refractivity contribution in [1.82, 2.24) is 4.98 Å². The summed E-state index contributed by atoms with van der Waals surface area (Å²) >= 11 is 0. The molecular weight excluding hydrogens is 220 g/mol. The van der Waals surface area contributed by atoms with Crippen LogP contribution in [-0.2, 0) is 0 Å². The van der Waals surface area contributed by atoms with E-state index in [-0.39, 0.29) is 6.79 Å². The fourth-order valence-electron chi connectivity index (χ4n) is 1.82. The van der Waals surface area contributed by atoms with Crippen LogP contribution in [0.3, 0.4) is 0 Å². The molecule has 1 aliphatic heterocycles. The van der Waals surface area contributed by atoms with Crippen LogP contribution in [0.2, 0.25) is 0 Å². The van der Waals surface area contributed by atoms with E-state index in [1.165, 1.54) is 0 Å². The number of hydrogen-bond acceptors (Lipinski definition) is 5. The Morgan fingerprint density at radius 3 is 2.82 bits per heavy atom. The third-order valence-electron chi connectivity index (χ3n) is 2.66. The van der Waals surface area contributed by atoms with Crippen molar-refractivity contribution >= 4 is 6.01 Å². The molecule has 0 spiro atoms. The third kappa shape index (κ3) is 1.60. The van der Waals surface area contributed by atoms with Crippen molar-refractivity contribution in [3.63, 3.8) is 0 Å². The van der Waals surface area contributed by atoms with Crippen LogP contribution in [0.1, 0.15) is 5.76 Å². The van der Waals surface area contributed by atoms with Gasteiger partial charge in [0.15, 0.2) is 11.5 Å². The molecule has 0 amide bonds. The minimum absolute atomic E-state index is 0.276. The summed E-state index contributed by atoms with van der Waals surface area (Å²) < 4.78 is 16.0. The normalized spacial score (nSPS) is 12.8. The Kier molecular flexibility index (Phi) is 2.18. The zero-order valence-electron chi connectivity index (χ0n) is 9.61. The highest BCUT2D eigenvalue weighted by Crippen LogP contribution is 2.36. The second-order valence-electron chi connectivity index (χ2n) is 3.74. The zero-order chi connectivity index (χ0) is 11.8. The van der Waals surface area contributed by atoms with Crippen LogP contribution in [0.4, 0.5) is 6.01 Å². The summed E-state index contributed by atoms with van der Waals surface area (Å²) in [6.07, 6.45) is 0. The maximum Gasteiger partial charge on any atom is 0.295 e. The number of nitrogens with zero attached hydrogens (tertiary/aromatic N) is 1. The minimum Gasteiger partial charge on any atom is -0.454 e. The van der Waals surface area contributed by atoms with Gasteiger partial charge in [-0.2, -0.15) is 4.98 Å². The number of hydrogen-bond donors (Lipinski definition) is 1. The lowest BCUT2D eigenvalue weighted by atomic mass is 10.1. The Bertz CT molecular complexity index is 563. The molecule has 0 bridgehead atoms. The summed E-state index contributed by atoms with van der Waals surface area (Å²) in [4.78, 5) is 4.35. The second-order valence-corrected chi connectivity index (χ2v) is 3.74. The molecule has 0 atom stereocenters. The highest BCUT2D eigenvalue weighted by Gasteiger charge is 2.17. The number of fused-ring (bicyclic) bond motifs is 1. The molecule has 3 rings (SSSR count). The van der Waals surface area contributed by atoms with E-state index in [2.05, 4.69) is 10.3 Å². The number of oxazole rings is 1. The fourth-order valence-corrected chi connectivity index (χ4v) is 1.82. The van der Waals surface area contributed by atoms with Gasteiger partial charge in [-0.1, -0.05) is 0 Å². The molecule has 2 aromatic rings. The number of ether oxygens (including phenoxy) is 2. The third-order valence-corrected chi connectivity index (χ3v) is 2.66. The van der Waals surface area contributed by atoms with Gasteiger partial charge in [-0.25, -0.2) is 0 Å². The number of benzene rings is 1. The summed E-state index contributed by atoms with van der Waals surface area (Å²) in [6, 6.07) is 6.24. The molecule has 0 saturated heterocycles. The largest absolute Gasteiger partial charge is 0.454 e. The quantitative estimate of drug-likeness (QED) is 0.861. The number of aromatic nitrogens is 1. The van der Waals surface area contributed by atoms with Crippen LogP contribution < -0.4 is 14.8 Å². The number of aryl methyl sites for hydroxylation is 1. The van der Waals surface area contributed by atoms with Crippen LogP contribution >= 0.6 is 0 Å². The SMILES string of the molecule is CNc1nc(-c2ccc3c(c2)OCO3)c(C)o1. The van der Waals surface area contributed by atoms with Crippen molar-refractivity contribution in [2.45, 2.75) is 6.92 Å². The monoisotopic (exact) mass is 232 g/mol. The van der Waals surface area contributed by atoms with Gasteiger partial charge in [-0.3, -0.25) is 0 Å². The van der Waals surface area contributed by atoms with Crippen molar-refractivity contribution in [2.75, 3.05) is 19.2 Å². The molecule has 1 aromatic carbocycles. The molecule has 1 aromatic heterocycles. The van der Waals surface area contributed by atoms with Crippen molar-refractivity contribution in [3.8, 4) is 22.8 Å². The molecule has 88 valence electrons.